The summed E-state index contributed by atoms with van der Waals surface area (Å²) in [5, 5.41) is 1.18. The van der Waals surface area contributed by atoms with Crippen LogP contribution >= 0.6 is 35.0 Å². The van der Waals surface area contributed by atoms with Crippen molar-refractivity contribution in [3.63, 3.8) is 0 Å². The first-order valence-electron chi connectivity index (χ1n) is 8.84. The molecule has 1 aliphatic heterocycles. The van der Waals surface area contributed by atoms with Crippen molar-refractivity contribution >= 4 is 40.9 Å². The van der Waals surface area contributed by atoms with Gasteiger partial charge in [0.2, 0.25) is 0 Å². The van der Waals surface area contributed by atoms with Crippen molar-refractivity contribution in [1.29, 1.82) is 0 Å². The van der Waals surface area contributed by atoms with E-state index < -0.39 is 0 Å². The maximum atomic E-state index is 11.5. The highest BCUT2D eigenvalue weighted by atomic mass is 35.5. The van der Waals surface area contributed by atoms with Gasteiger partial charge in [0, 0.05) is 30.3 Å². The predicted molar refractivity (Wildman–Crippen MR) is 113 cm³/mol. The Labute approximate surface area is 175 Å². The van der Waals surface area contributed by atoms with Crippen LogP contribution in [0.5, 0.6) is 0 Å². The van der Waals surface area contributed by atoms with E-state index in [4.69, 9.17) is 27.9 Å². The number of hydrogen-bond donors (Lipinski definition) is 0. The molecule has 0 amide bonds. The number of benzene rings is 2. The number of thioether (sulfide) groups is 1. The van der Waals surface area contributed by atoms with Crippen LogP contribution in [0.3, 0.4) is 0 Å². The molecule has 3 rings (SSSR count). The zero-order valence-corrected chi connectivity index (χ0v) is 18.0. The Morgan fingerprint density at radius 1 is 1.11 bits per heavy atom. The molecular formula is C21H23Cl2NO2S. The molecule has 1 heterocycles. The summed E-state index contributed by atoms with van der Waals surface area (Å²) in [6, 6.07) is 10.3. The van der Waals surface area contributed by atoms with E-state index in [0.29, 0.717) is 10.0 Å². The summed E-state index contributed by atoms with van der Waals surface area (Å²) in [5.41, 5.74) is 5.00. The average molecular weight is 424 g/mol. The SMILES string of the molecule is COC(=O)C1CN(Cc2cc(C)c(SCc3ccc(Cl)c(Cl)c3)c(C)c2)C1. The van der Waals surface area contributed by atoms with Gasteiger partial charge in [-0.1, -0.05) is 41.4 Å². The number of carbonyl (C=O) groups excluding carboxylic acids is 1. The third kappa shape index (κ3) is 5.00. The molecule has 0 radical (unpaired) electrons. The first kappa shape index (κ1) is 20.5. The van der Waals surface area contributed by atoms with Crippen molar-refractivity contribution in [2.45, 2.75) is 31.0 Å². The lowest BCUT2D eigenvalue weighted by atomic mass is 9.98. The third-order valence-electron chi connectivity index (χ3n) is 4.79. The number of carbonyl (C=O) groups is 1. The molecule has 27 heavy (non-hydrogen) atoms. The van der Waals surface area contributed by atoms with E-state index >= 15 is 0 Å². The lowest BCUT2D eigenvalue weighted by Crippen LogP contribution is -2.49. The standard InChI is InChI=1S/C21H23Cl2NO2S/c1-13-6-16(9-24-10-17(11-24)21(25)26-3)7-14(2)20(13)27-12-15-4-5-18(22)19(23)8-15/h4-8,17H,9-12H2,1-3H3. The molecule has 3 nitrogen and oxygen atoms in total. The zero-order valence-electron chi connectivity index (χ0n) is 15.7. The molecule has 0 atom stereocenters. The highest BCUT2D eigenvalue weighted by Gasteiger charge is 2.33. The molecule has 1 saturated heterocycles. The summed E-state index contributed by atoms with van der Waals surface area (Å²) >= 11 is 13.9. The fraction of sp³-hybridized carbons (Fsp3) is 0.381. The van der Waals surface area contributed by atoms with Crippen LogP contribution in [0.15, 0.2) is 35.2 Å². The van der Waals surface area contributed by atoms with Crippen LogP contribution in [0.1, 0.15) is 22.3 Å². The molecule has 0 bridgehead atoms. The maximum absolute atomic E-state index is 11.5. The summed E-state index contributed by atoms with van der Waals surface area (Å²) in [7, 11) is 1.45. The number of methoxy groups -OCH3 is 1. The second kappa shape index (κ2) is 8.87. The van der Waals surface area contributed by atoms with E-state index in [1.807, 2.05) is 30.0 Å². The molecule has 1 aliphatic rings. The number of nitrogens with zero attached hydrogens (tertiary/aromatic N) is 1. The van der Waals surface area contributed by atoms with Crippen molar-refractivity contribution in [2.75, 3.05) is 20.2 Å². The predicted octanol–water partition coefficient (Wildman–Crippen LogP) is 5.51. The molecule has 2 aromatic rings. The second-order valence-electron chi connectivity index (χ2n) is 7.01. The Morgan fingerprint density at radius 2 is 1.78 bits per heavy atom. The first-order chi connectivity index (χ1) is 12.9. The van der Waals surface area contributed by atoms with E-state index in [9.17, 15) is 4.79 Å². The molecule has 6 heteroatoms. The summed E-state index contributed by atoms with van der Waals surface area (Å²) in [5.74, 6) is 0.774. The van der Waals surface area contributed by atoms with E-state index in [1.54, 1.807) is 0 Å². The maximum Gasteiger partial charge on any atom is 0.311 e. The number of rotatable bonds is 6. The van der Waals surface area contributed by atoms with Gasteiger partial charge in [0.1, 0.15) is 0 Å². The van der Waals surface area contributed by atoms with Gasteiger partial charge in [-0.05, 0) is 48.2 Å². The number of aryl methyl sites for hydroxylation is 2. The van der Waals surface area contributed by atoms with Gasteiger partial charge in [-0.2, -0.15) is 0 Å². The quantitative estimate of drug-likeness (QED) is 0.452. The van der Waals surface area contributed by atoms with Gasteiger partial charge in [0.05, 0.1) is 23.1 Å². The first-order valence-corrected chi connectivity index (χ1v) is 10.6. The fourth-order valence-corrected chi connectivity index (χ4v) is 4.80. The lowest BCUT2D eigenvalue weighted by molar-refractivity contribution is -0.151. The minimum Gasteiger partial charge on any atom is -0.469 e. The average Bonchev–Trinajstić information content (AvgIpc) is 2.59. The zero-order chi connectivity index (χ0) is 19.6. The largest absolute Gasteiger partial charge is 0.469 e. The number of esters is 1. The van der Waals surface area contributed by atoms with Crippen molar-refractivity contribution < 1.29 is 9.53 Å². The molecule has 0 N–H and O–H groups in total. The molecule has 0 spiro atoms. The molecule has 0 aliphatic carbocycles. The van der Waals surface area contributed by atoms with Crippen molar-refractivity contribution in [2.24, 2.45) is 5.92 Å². The molecular weight excluding hydrogens is 401 g/mol. The summed E-state index contributed by atoms with van der Waals surface area (Å²) in [6.07, 6.45) is 0. The Kier molecular flexibility index (Phi) is 6.74. The van der Waals surface area contributed by atoms with Crippen molar-refractivity contribution in [3.8, 4) is 0 Å². The smallest absolute Gasteiger partial charge is 0.311 e. The van der Waals surface area contributed by atoms with Gasteiger partial charge in [-0.15, -0.1) is 11.8 Å². The molecule has 0 aromatic heterocycles. The summed E-state index contributed by atoms with van der Waals surface area (Å²) < 4.78 is 4.80. The Hall–Kier alpha value is -1.20. The van der Waals surface area contributed by atoms with E-state index in [1.165, 1.54) is 28.7 Å². The van der Waals surface area contributed by atoms with Gasteiger partial charge in [0.15, 0.2) is 0 Å². The van der Waals surface area contributed by atoms with Crippen LogP contribution in [-0.2, 0) is 21.8 Å². The highest BCUT2D eigenvalue weighted by molar-refractivity contribution is 7.98. The number of ether oxygens (including phenoxy) is 1. The number of halogens is 2. The van der Waals surface area contributed by atoms with Crippen LogP contribution in [0.25, 0.3) is 0 Å². The number of likely N-dealkylation sites (tertiary alicyclic amines) is 1. The summed E-state index contributed by atoms with van der Waals surface area (Å²) in [4.78, 5) is 15.1. The van der Waals surface area contributed by atoms with Crippen LogP contribution in [0, 0.1) is 19.8 Å². The number of hydrogen-bond acceptors (Lipinski definition) is 4. The third-order valence-corrected chi connectivity index (χ3v) is 6.93. The molecule has 144 valence electrons. The van der Waals surface area contributed by atoms with Crippen LogP contribution in [0.2, 0.25) is 10.0 Å². The topological polar surface area (TPSA) is 29.5 Å². The Balaban J connectivity index is 1.61. The Bertz CT molecular complexity index is 827. The van der Waals surface area contributed by atoms with Crippen LogP contribution in [-0.4, -0.2) is 31.1 Å². The molecule has 2 aromatic carbocycles. The van der Waals surface area contributed by atoms with Gasteiger partial charge >= 0.3 is 5.97 Å². The van der Waals surface area contributed by atoms with E-state index in [0.717, 1.165) is 31.0 Å². The second-order valence-corrected chi connectivity index (χ2v) is 8.81. The highest BCUT2D eigenvalue weighted by Crippen LogP contribution is 2.33. The van der Waals surface area contributed by atoms with E-state index in [-0.39, 0.29) is 11.9 Å². The fourth-order valence-electron chi connectivity index (χ4n) is 3.42. The van der Waals surface area contributed by atoms with E-state index in [2.05, 4.69) is 30.9 Å². The van der Waals surface area contributed by atoms with Gasteiger partial charge in [0.25, 0.3) is 0 Å². The normalized spacial score (nSPS) is 14.9. The van der Waals surface area contributed by atoms with Crippen LogP contribution < -0.4 is 0 Å². The molecule has 0 unspecified atom stereocenters. The monoisotopic (exact) mass is 423 g/mol. The lowest BCUT2D eigenvalue weighted by Gasteiger charge is -2.37. The minimum atomic E-state index is -0.104. The Morgan fingerprint density at radius 3 is 2.37 bits per heavy atom. The minimum absolute atomic E-state index is 0.0261. The van der Waals surface area contributed by atoms with Crippen molar-refractivity contribution in [1.82, 2.24) is 4.90 Å². The molecule has 1 fully saturated rings. The molecule has 0 saturated carbocycles. The van der Waals surface area contributed by atoms with Gasteiger partial charge < -0.3 is 4.74 Å². The summed E-state index contributed by atoms with van der Waals surface area (Å²) in [6.45, 7) is 6.73. The van der Waals surface area contributed by atoms with Gasteiger partial charge in [-0.25, -0.2) is 0 Å². The van der Waals surface area contributed by atoms with Crippen molar-refractivity contribution in [3.05, 3.63) is 62.6 Å². The van der Waals surface area contributed by atoms with Gasteiger partial charge in [-0.3, -0.25) is 9.69 Å². The van der Waals surface area contributed by atoms with Crippen LogP contribution in [0.4, 0.5) is 0 Å².